The van der Waals surface area contributed by atoms with Crippen LogP contribution >= 0.6 is 0 Å². The summed E-state index contributed by atoms with van der Waals surface area (Å²) in [6.45, 7) is 4.91. The van der Waals surface area contributed by atoms with Crippen molar-refractivity contribution in [1.29, 1.82) is 0 Å². The zero-order chi connectivity index (χ0) is 25.5. The lowest BCUT2D eigenvalue weighted by Gasteiger charge is -2.30. The zero-order valence-corrected chi connectivity index (χ0v) is 19.8. The molecule has 3 fully saturated rings. The molecule has 4 heterocycles. The highest BCUT2D eigenvalue weighted by atomic mass is 19.4. The Balaban J connectivity index is 1.28. The van der Waals surface area contributed by atoms with Gasteiger partial charge in [0, 0.05) is 56.6 Å². The number of morpholine rings is 1. The molecule has 0 radical (unpaired) electrons. The first-order valence-corrected chi connectivity index (χ1v) is 12.0. The van der Waals surface area contributed by atoms with E-state index in [2.05, 4.69) is 14.9 Å². The van der Waals surface area contributed by atoms with E-state index in [1.807, 2.05) is 0 Å². The Bertz CT molecular complexity index is 1150. The number of carbonyl (C=O) groups is 2. The minimum Gasteiger partial charge on any atom is -0.378 e. The number of carbonyl (C=O) groups excluding carboxylic acids is 2. The second-order valence-corrected chi connectivity index (χ2v) is 9.89. The van der Waals surface area contributed by atoms with Gasteiger partial charge < -0.3 is 20.3 Å². The molecule has 0 bridgehead atoms. The normalized spacial score (nSPS) is 23.1. The van der Waals surface area contributed by atoms with Crippen LogP contribution in [0.3, 0.4) is 0 Å². The first-order chi connectivity index (χ1) is 17.1. The van der Waals surface area contributed by atoms with Crippen molar-refractivity contribution in [2.45, 2.75) is 25.6 Å². The number of hydrogen-bond donors (Lipinski definition) is 1. The molecule has 5 rings (SSSR count). The van der Waals surface area contributed by atoms with Gasteiger partial charge in [-0.1, -0.05) is 0 Å². The fourth-order valence-corrected chi connectivity index (χ4v) is 5.54. The predicted octanol–water partition coefficient (Wildman–Crippen LogP) is 2.40. The molecule has 3 aliphatic heterocycles. The molecule has 0 saturated carbocycles. The van der Waals surface area contributed by atoms with Gasteiger partial charge in [0.05, 0.1) is 30.5 Å². The predicted molar refractivity (Wildman–Crippen MR) is 125 cm³/mol. The molecule has 9 nitrogen and oxygen atoms in total. The van der Waals surface area contributed by atoms with Crippen molar-refractivity contribution in [3.8, 4) is 0 Å². The Labute approximate surface area is 206 Å². The van der Waals surface area contributed by atoms with Crippen LogP contribution in [-0.4, -0.2) is 84.0 Å². The van der Waals surface area contributed by atoms with Gasteiger partial charge in [-0.15, -0.1) is 0 Å². The standard InChI is InChI=1S/C24H29F3N6O3/c25-24(26,27)20-2-1-19(31-7-9-36-10-8-31)11-17(20)13-30-5-3-23(15-30)4-6-32(16-23)22(35)33-14-18(12-29-33)21(28)34/h1-2,11-12,14H,3-10,13,15-16H2,(H2,28,34). The van der Waals surface area contributed by atoms with E-state index in [-0.39, 0.29) is 29.1 Å². The van der Waals surface area contributed by atoms with E-state index in [4.69, 9.17) is 10.5 Å². The second kappa shape index (κ2) is 9.40. The number of anilines is 1. The van der Waals surface area contributed by atoms with Crippen molar-refractivity contribution in [3.63, 3.8) is 0 Å². The van der Waals surface area contributed by atoms with E-state index in [0.717, 1.165) is 23.2 Å². The van der Waals surface area contributed by atoms with E-state index < -0.39 is 17.6 Å². The lowest BCUT2D eigenvalue weighted by atomic mass is 9.86. The van der Waals surface area contributed by atoms with Gasteiger partial charge >= 0.3 is 12.2 Å². The molecule has 194 valence electrons. The topological polar surface area (TPSA) is 96.9 Å². The van der Waals surface area contributed by atoms with E-state index in [0.29, 0.717) is 52.5 Å². The number of primary amides is 1. The lowest BCUT2D eigenvalue weighted by molar-refractivity contribution is -0.138. The van der Waals surface area contributed by atoms with Gasteiger partial charge in [0.1, 0.15) is 0 Å². The van der Waals surface area contributed by atoms with Crippen molar-refractivity contribution >= 4 is 17.6 Å². The number of alkyl halides is 3. The Hall–Kier alpha value is -3.12. The number of aromatic nitrogens is 2. The van der Waals surface area contributed by atoms with Crippen LogP contribution < -0.4 is 10.6 Å². The number of amides is 2. The molecule has 2 aromatic rings. The first-order valence-electron chi connectivity index (χ1n) is 12.0. The Morgan fingerprint density at radius 1 is 1.08 bits per heavy atom. The summed E-state index contributed by atoms with van der Waals surface area (Å²) in [6.07, 6.45) is -0.296. The summed E-state index contributed by atoms with van der Waals surface area (Å²) in [6, 6.07) is 4.06. The van der Waals surface area contributed by atoms with Crippen LogP contribution in [0.15, 0.2) is 30.6 Å². The minimum atomic E-state index is -4.43. The molecule has 1 aromatic carbocycles. The Morgan fingerprint density at radius 3 is 2.53 bits per heavy atom. The fraction of sp³-hybridized carbons (Fsp3) is 0.542. The van der Waals surface area contributed by atoms with Crippen molar-refractivity contribution in [2.24, 2.45) is 11.1 Å². The van der Waals surface area contributed by atoms with Crippen molar-refractivity contribution in [3.05, 3.63) is 47.3 Å². The Morgan fingerprint density at radius 2 is 1.83 bits per heavy atom. The van der Waals surface area contributed by atoms with Crippen LogP contribution in [0.4, 0.5) is 23.7 Å². The van der Waals surface area contributed by atoms with Gasteiger partial charge in [0.15, 0.2) is 0 Å². The van der Waals surface area contributed by atoms with Gasteiger partial charge in [-0.05, 0) is 43.1 Å². The largest absolute Gasteiger partial charge is 0.416 e. The highest BCUT2D eigenvalue weighted by Crippen LogP contribution is 2.41. The third kappa shape index (κ3) is 4.92. The Kier molecular flexibility index (Phi) is 6.41. The minimum absolute atomic E-state index is 0.157. The van der Waals surface area contributed by atoms with Crippen LogP contribution in [-0.2, 0) is 17.5 Å². The highest BCUT2D eigenvalue weighted by Gasteiger charge is 2.45. The molecule has 3 aliphatic rings. The maximum Gasteiger partial charge on any atom is 0.416 e. The van der Waals surface area contributed by atoms with Crippen LogP contribution in [0.25, 0.3) is 0 Å². The molecule has 3 saturated heterocycles. The number of nitrogens with zero attached hydrogens (tertiary/aromatic N) is 5. The third-order valence-electron chi connectivity index (χ3n) is 7.45. The molecule has 2 N–H and O–H groups in total. The third-order valence-corrected chi connectivity index (χ3v) is 7.45. The molecular weight excluding hydrogens is 477 g/mol. The smallest absolute Gasteiger partial charge is 0.378 e. The summed E-state index contributed by atoms with van der Waals surface area (Å²) in [5.41, 5.74) is 5.67. The number of nitrogens with two attached hydrogens (primary N) is 1. The van der Waals surface area contributed by atoms with E-state index in [1.165, 1.54) is 18.5 Å². The number of halogens is 3. The quantitative estimate of drug-likeness (QED) is 0.684. The summed E-state index contributed by atoms with van der Waals surface area (Å²) in [4.78, 5) is 30.0. The molecule has 1 unspecified atom stereocenters. The van der Waals surface area contributed by atoms with Gasteiger partial charge in [0.25, 0.3) is 5.91 Å². The zero-order valence-electron chi connectivity index (χ0n) is 19.8. The average molecular weight is 507 g/mol. The molecule has 1 aromatic heterocycles. The number of likely N-dealkylation sites (tertiary alicyclic amines) is 2. The van der Waals surface area contributed by atoms with E-state index >= 15 is 0 Å². The number of ether oxygens (including phenoxy) is 1. The highest BCUT2D eigenvalue weighted by molar-refractivity contribution is 5.93. The fourth-order valence-electron chi connectivity index (χ4n) is 5.54. The van der Waals surface area contributed by atoms with Crippen molar-refractivity contribution in [1.82, 2.24) is 19.6 Å². The summed E-state index contributed by atoms with van der Waals surface area (Å²) >= 11 is 0. The maximum atomic E-state index is 13.8. The summed E-state index contributed by atoms with van der Waals surface area (Å²) in [7, 11) is 0. The molecule has 2 amide bonds. The van der Waals surface area contributed by atoms with Crippen LogP contribution in [0.2, 0.25) is 0 Å². The summed E-state index contributed by atoms with van der Waals surface area (Å²) < 4.78 is 47.9. The van der Waals surface area contributed by atoms with Crippen LogP contribution in [0.5, 0.6) is 0 Å². The number of hydrogen-bond acceptors (Lipinski definition) is 6. The van der Waals surface area contributed by atoms with E-state index in [1.54, 1.807) is 17.0 Å². The lowest BCUT2D eigenvalue weighted by Crippen LogP contribution is -2.37. The van der Waals surface area contributed by atoms with Crippen molar-refractivity contribution in [2.75, 3.05) is 57.4 Å². The van der Waals surface area contributed by atoms with Gasteiger partial charge in [-0.2, -0.15) is 23.0 Å². The van der Waals surface area contributed by atoms with Crippen LogP contribution in [0.1, 0.15) is 34.3 Å². The second-order valence-electron chi connectivity index (χ2n) is 9.89. The molecular formula is C24H29F3N6O3. The molecule has 0 aliphatic carbocycles. The number of benzene rings is 1. The van der Waals surface area contributed by atoms with E-state index in [9.17, 15) is 22.8 Å². The van der Waals surface area contributed by atoms with Gasteiger partial charge in [-0.3, -0.25) is 9.69 Å². The summed E-state index contributed by atoms with van der Waals surface area (Å²) in [5.74, 6) is -0.658. The average Bonchev–Trinajstić information content (AvgIpc) is 3.59. The monoisotopic (exact) mass is 506 g/mol. The maximum absolute atomic E-state index is 13.8. The van der Waals surface area contributed by atoms with Gasteiger partial charge in [-0.25, -0.2) is 4.79 Å². The molecule has 12 heteroatoms. The SMILES string of the molecule is NC(=O)c1cnn(C(=O)N2CCC3(CCN(Cc4cc(N5CCOCC5)ccc4C(F)(F)F)C3)C2)c1. The molecule has 36 heavy (non-hydrogen) atoms. The molecule has 1 atom stereocenters. The summed E-state index contributed by atoms with van der Waals surface area (Å²) in [5, 5.41) is 3.94. The van der Waals surface area contributed by atoms with Crippen molar-refractivity contribution < 1.29 is 27.5 Å². The number of rotatable bonds is 4. The molecule has 1 spiro atoms. The van der Waals surface area contributed by atoms with Gasteiger partial charge in [0.2, 0.25) is 0 Å². The van der Waals surface area contributed by atoms with Crippen LogP contribution in [0, 0.1) is 5.41 Å². The first kappa shape index (κ1) is 24.6.